The van der Waals surface area contributed by atoms with Crippen LogP contribution in [0.2, 0.25) is 0 Å². The summed E-state index contributed by atoms with van der Waals surface area (Å²) in [6.45, 7) is 0. The van der Waals surface area contributed by atoms with Gasteiger partial charge in [-0.25, -0.2) is 0 Å². The van der Waals surface area contributed by atoms with E-state index in [0.717, 1.165) is 0 Å². The van der Waals surface area contributed by atoms with E-state index in [1.807, 2.05) is 12.2 Å². The van der Waals surface area contributed by atoms with Gasteiger partial charge in [0.15, 0.2) is 0 Å². The van der Waals surface area contributed by atoms with E-state index in [0.29, 0.717) is 12.8 Å². The highest BCUT2D eigenvalue weighted by atomic mass is 16.5. The van der Waals surface area contributed by atoms with Crippen LogP contribution in [0, 0.1) is 11.8 Å². The Morgan fingerprint density at radius 2 is 1.58 bits per heavy atom. The quantitative estimate of drug-likeness (QED) is 0.321. The highest BCUT2D eigenvalue weighted by molar-refractivity contribution is 6.04. The van der Waals surface area contributed by atoms with Crippen LogP contribution < -0.4 is 0 Å². The number of carbonyl (C=O) groups is 2. The third-order valence-electron chi connectivity index (χ3n) is 2.48. The molecule has 1 heterocycles. The Morgan fingerprint density at radius 3 is 2.00 bits per heavy atom. The number of hydrogen-bond donors (Lipinski definition) is 1. The molecule has 2 aliphatic rings. The summed E-state index contributed by atoms with van der Waals surface area (Å²) in [6, 6.07) is 0. The van der Waals surface area contributed by atoms with Crippen molar-refractivity contribution < 1.29 is 14.8 Å². The molecule has 0 saturated carbocycles. The maximum atomic E-state index is 11.2. The van der Waals surface area contributed by atoms with Gasteiger partial charge in [0, 0.05) is 0 Å². The van der Waals surface area contributed by atoms with Crippen LogP contribution in [0.1, 0.15) is 12.8 Å². The lowest BCUT2D eigenvalue weighted by molar-refractivity contribution is -0.172. The second-order valence-electron chi connectivity index (χ2n) is 3.14. The molecular formula is C8H9NO3. The Morgan fingerprint density at radius 1 is 1.17 bits per heavy atom. The van der Waals surface area contributed by atoms with Crippen LogP contribution in [-0.2, 0) is 9.59 Å². The van der Waals surface area contributed by atoms with Gasteiger partial charge in [0.25, 0.3) is 11.8 Å². The maximum absolute atomic E-state index is 11.2. The van der Waals surface area contributed by atoms with Gasteiger partial charge in [0.2, 0.25) is 0 Å². The van der Waals surface area contributed by atoms with E-state index in [4.69, 9.17) is 5.21 Å². The molecule has 4 nitrogen and oxygen atoms in total. The molecule has 0 aromatic rings. The average molecular weight is 167 g/mol. The Hall–Kier alpha value is -1.16. The van der Waals surface area contributed by atoms with Gasteiger partial charge in [-0.2, -0.15) is 5.06 Å². The van der Waals surface area contributed by atoms with Gasteiger partial charge >= 0.3 is 0 Å². The van der Waals surface area contributed by atoms with Crippen molar-refractivity contribution in [1.82, 2.24) is 5.06 Å². The molecule has 2 atom stereocenters. The zero-order valence-electron chi connectivity index (χ0n) is 6.43. The van der Waals surface area contributed by atoms with Crippen LogP contribution in [0.4, 0.5) is 0 Å². The lowest BCUT2D eigenvalue weighted by Gasteiger charge is -2.14. The zero-order chi connectivity index (χ0) is 8.72. The fraction of sp³-hybridized carbons (Fsp3) is 0.500. The molecule has 1 aliphatic heterocycles. The van der Waals surface area contributed by atoms with Crippen LogP contribution >= 0.6 is 0 Å². The van der Waals surface area contributed by atoms with Gasteiger partial charge < -0.3 is 0 Å². The molecule has 0 aromatic carbocycles. The summed E-state index contributed by atoms with van der Waals surface area (Å²) >= 11 is 0. The zero-order valence-corrected chi connectivity index (χ0v) is 6.43. The lowest BCUT2D eigenvalue weighted by atomic mass is 9.85. The van der Waals surface area contributed by atoms with Crippen molar-refractivity contribution in [3.63, 3.8) is 0 Å². The molecule has 0 spiro atoms. The van der Waals surface area contributed by atoms with Crippen molar-refractivity contribution in [2.45, 2.75) is 12.8 Å². The maximum Gasteiger partial charge on any atom is 0.257 e. The van der Waals surface area contributed by atoms with Gasteiger partial charge in [-0.15, -0.1) is 0 Å². The minimum atomic E-state index is -0.450. The smallest absolute Gasteiger partial charge is 0.257 e. The average Bonchev–Trinajstić information content (AvgIpc) is 2.33. The van der Waals surface area contributed by atoms with Gasteiger partial charge in [-0.1, -0.05) is 12.2 Å². The van der Waals surface area contributed by atoms with Crippen molar-refractivity contribution in [3.8, 4) is 0 Å². The van der Waals surface area contributed by atoms with Crippen LogP contribution in [0.25, 0.3) is 0 Å². The molecule has 1 N–H and O–H groups in total. The molecule has 1 fully saturated rings. The molecule has 1 saturated heterocycles. The van der Waals surface area contributed by atoms with Crippen molar-refractivity contribution >= 4 is 11.8 Å². The number of fused-ring (bicyclic) bond motifs is 1. The molecule has 0 unspecified atom stereocenters. The highest BCUT2D eigenvalue weighted by Gasteiger charge is 2.46. The van der Waals surface area contributed by atoms with Gasteiger partial charge in [0.1, 0.15) is 0 Å². The summed E-state index contributed by atoms with van der Waals surface area (Å²) in [4.78, 5) is 22.3. The Kier molecular flexibility index (Phi) is 1.51. The molecule has 2 amide bonds. The lowest BCUT2D eigenvalue weighted by Crippen LogP contribution is -2.26. The predicted molar refractivity (Wildman–Crippen MR) is 39.0 cm³/mol. The summed E-state index contributed by atoms with van der Waals surface area (Å²) in [6.07, 6.45) is 4.91. The van der Waals surface area contributed by atoms with Crippen molar-refractivity contribution in [2.24, 2.45) is 11.8 Å². The number of amides is 2. The third kappa shape index (κ3) is 0.814. The molecule has 4 heteroatoms. The van der Waals surface area contributed by atoms with E-state index in [-0.39, 0.29) is 16.9 Å². The topological polar surface area (TPSA) is 57.6 Å². The van der Waals surface area contributed by atoms with Gasteiger partial charge in [0.05, 0.1) is 11.8 Å². The number of nitrogens with zero attached hydrogens (tertiary/aromatic N) is 1. The Balaban J connectivity index is 2.31. The van der Waals surface area contributed by atoms with E-state index in [2.05, 4.69) is 0 Å². The SMILES string of the molecule is O=C1[C@@H]2CC=CC[C@H]2C(=O)N1O. The first-order valence-electron chi connectivity index (χ1n) is 3.93. The first-order valence-corrected chi connectivity index (χ1v) is 3.93. The Labute approximate surface area is 69.4 Å². The summed E-state index contributed by atoms with van der Waals surface area (Å²) in [7, 11) is 0. The fourth-order valence-electron chi connectivity index (χ4n) is 1.78. The van der Waals surface area contributed by atoms with E-state index < -0.39 is 11.8 Å². The monoisotopic (exact) mass is 167 g/mol. The molecule has 0 radical (unpaired) electrons. The van der Waals surface area contributed by atoms with Crippen molar-refractivity contribution in [2.75, 3.05) is 0 Å². The van der Waals surface area contributed by atoms with Crippen LogP contribution in [-0.4, -0.2) is 22.1 Å². The largest absolute Gasteiger partial charge is 0.278 e. The van der Waals surface area contributed by atoms with E-state index >= 15 is 0 Å². The number of allylic oxidation sites excluding steroid dienone is 2. The second kappa shape index (κ2) is 2.42. The third-order valence-corrected chi connectivity index (χ3v) is 2.48. The van der Waals surface area contributed by atoms with E-state index in [1.54, 1.807) is 0 Å². The first kappa shape index (κ1) is 7.49. The molecule has 0 bridgehead atoms. The number of hydrogen-bond acceptors (Lipinski definition) is 3. The molecular weight excluding hydrogens is 158 g/mol. The fourth-order valence-corrected chi connectivity index (χ4v) is 1.78. The molecule has 2 rings (SSSR count). The van der Waals surface area contributed by atoms with Crippen molar-refractivity contribution in [1.29, 1.82) is 0 Å². The molecule has 0 aromatic heterocycles. The summed E-state index contributed by atoms with van der Waals surface area (Å²) in [5.74, 6) is -1.52. The second-order valence-corrected chi connectivity index (χ2v) is 3.14. The number of hydroxylamine groups is 2. The van der Waals surface area contributed by atoms with Crippen LogP contribution in [0.5, 0.6) is 0 Å². The molecule has 64 valence electrons. The summed E-state index contributed by atoms with van der Waals surface area (Å²) < 4.78 is 0. The minimum Gasteiger partial charge on any atom is -0.278 e. The normalized spacial score (nSPS) is 34.2. The summed E-state index contributed by atoms with van der Waals surface area (Å²) in [5.41, 5.74) is 0. The molecule has 12 heavy (non-hydrogen) atoms. The standard InChI is InChI=1S/C8H9NO3/c10-7-5-3-1-2-4-6(5)8(11)9(7)12/h1-2,5-6,12H,3-4H2/t5-,6-/m1/s1. The van der Waals surface area contributed by atoms with Gasteiger partial charge in [-0.05, 0) is 12.8 Å². The first-order chi connectivity index (χ1) is 5.72. The summed E-state index contributed by atoms with van der Waals surface area (Å²) in [5, 5.41) is 9.27. The number of carbonyl (C=O) groups excluding carboxylic acids is 2. The predicted octanol–water partition coefficient (Wildman–Crippen LogP) is 0.327. The highest BCUT2D eigenvalue weighted by Crippen LogP contribution is 2.33. The van der Waals surface area contributed by atoms with E-state index in [1.165, 1.54) is 0 Å². The molecule has 1 aliphatic carbocycles. The van der Waals surface area contributed by atoms with Crippen molar-refractivity contribution in [3.05, 3.63) is 12.2 Å². The Bertz CT molecular complexity index is 245. The number of rotatable bonds is 0. The van der Waals surface area contributed by atoms with Crippen LogP contribution in [0.15, 0.2) is 12.2 Å². The number of imide groups is 1. The minimum absolute atomic E-state index is 0.266. The van der Waals surface area contributed by atoms with Gasteiger partial charge in [-0.3, -0.25) is 14.8 Å². The van der Waals surface area contributed by atoms with Crippen LogP contribution in [0.3, 0.4) is 0 Å². The van der Waals surface area contributed by atoms with E-state index in [9.17, 15) is 9.59 Å².